The minimum atomic E-state index is -0.156. The molecule has 0 N–H and O–H groups in total. The Morgan fingerprint density at radius 1 is 1.62 bits per heavy atom. The third kappa shape index (κ3) is 2.16. The van der Waals surface area contributed by atoms with Crippen molar-refractivity contribution in [2.75, 3.05) is 0 Å². The summed E-state index contributed by atoms with van der Waals surface area (Å²) in [4.78, 5) is 15.9. The van der Waals surface area contributed by atoms with Crippen LogP contribution < -0.4 is 5.56 Å². The summed E-state index contributed by atoms with van der Waals surface area (Å²) in [5.41, 5.74) is 1.08. The van der Waals surface area contributed by atoms with E-state index in [0.29, 0.717) is 20.2 Å². The van der Waals surface area contributed by atoms with Crippen molar-refractivity contribution < 1.29 is 0 Å². The highest BCUT2D eigenvalue weighted by Crippen LogP contribution is 2.17. The number of rotatable bonds is 2. The van der Waals surface area contributed by atoms with Crippen molar-refractivity contribution in [3.63, 3.8) is 0 Å². The molecule has 0 radical (unpaired) electrons. The van der Waals surface area contributed by atoms with Crippen LogP contribution in [0.15, 0.2) is 15.6 Å². The average Bonchev–Trinajstić information content (AvgIpc) is 2.65. The van der Waals surface area contributed by atoms with Crippen LogP contribution in [0.4, 0.5) is 0 Å². The first-order chi connectivity index (χ1) is 7.59. The second-order valence-electron chi connectivity index (χ2n) is 3.07. The predicted molar refractivity (Wildman–Crippen MR) is 65.0 cm³/mol. The Morgan fingerprint density at radius 2 is 2.38 bits per heavy atom. The molecule has 0 aliphatic carbocycles. The van der Waals surface area contributed by atoms with Gasteiger partial charge in [0.25, 0.3) is 5.56 Å². The molecule has 5 nitrogen and oxygen atoms in total. The molecule has 0 aromatic carbocycles. The fraction of sp³-hybridized carbons (Fsp3) is 0.250. The zero-order chi connectivity index (χ0) is 11.7. The van der Waals surface area contributed by atoms with Crippen molar-refractivity contribution in [1.82, 2.24) is 19.1 Å². The molecule has 0 spiro atoms. The summed E-state index contributed by atoms with van der Waals surface area (Å²) in [6.07, 6.45) is 1.47. The number of aromatic nitrogens is 4. The van der Waals surface area contributed by atoms with Gasteiger partial charge in [-0.1, -0.05) is 16.1 Å². The monoisotopic (exact) mass is 320 g/mol. The van der Waals surface area contributed by atoms with Crippen molar-refractivity contribution in [2.24, 2.45) is 0 Å². The first-order valence-electron chi connectivity index (χ1n) is 4.28. The molecule has 0 fully saturated rings. The van der Waals surface area contributed by atoms with Crippen LogP contribution in [-0.2, 0) is 6.54 Å². The Kier molecular flexibility index (Phi) is 3.36. The fourth-order valence-electron chi connectivity index (χ4n) is 1.11. The second-order valence-corrected chi connectivity index (χ2v) is 5.22. The number of nitrogens with zero attached hydrogens (tertiary/aromatic N) is 4. The summed E-state index contributed by atoms with van der Waals surface area (Å²) in [5.74, 6) is 0. The number of aryl methyl sites for hydroxylation is 1. The largest absolute Gasteiger partial charge is 0.292 e. The molecule has 0 atom stereocenters. The highest BCUT2D eigenvalue weighted by atomic mass is 79.9. The van der Waals surface area contributed by atoms with Gasteiger partial charge in [-0.2, -0.15) is 0 Å². The number of halogens is 2. The van der Waals surface area contributed by atoms with Gasteiger partial charge in [-0.05, 0) is 22.9 Å². The van der Waals surface area contributed by atoms with Gasteiger partial charge in [0.2, 0.25) is 0 Å². The second kappa shape index (κ2) is 4.60. The molecule has 2 aromatic rings. The Bertz CT molecular complexity index is 582. The molecule has 2 heterocycles. The molecule has 0 amide bonds. The Hall–Kier alpha value is -0.790. The van der Waals surface area contributed by atoms with E-state index in [2.05, 4.69) is 30.5 Å². The van der Waals surface area contributed by atoms with Gasteiger partial charge >= 0.3 is 0 Å². The topological polar surface area (TPSA) is 60.7 Å². The quantitative estimate of drug-likeness (QED) is 0.847. The lowest BCUT2D eigenvalue weighted by Gasteiger charge is -2.04. The molecule has 0 saturated heterocycles. The van der Waals surface area contributed by atoms with E-state index in [-0.39, 0.29) is 12.1 Å². The predicted octanol–water partition coefficient (Wildman–Crippen LogP) is 1.87. The molecule has 84 valence electrons. The SMILES string of the molecule is Cc1ncn(Cc2nnsc2Cl)c(=O)c1Br. The zero-order valence-corrected chi connectivity index (χ0v) is 11.3. The summed E-state index contributed by atoms with van der Waals surface area (Å²) in [6.45, 7) is 2.03. The molecule has 0 bridgehead atoms. The van der Waals surface area contributed by atoms with Gasteiger partial charge in [0, 0.05) is 11.5 Å². The molecular formula is C8H6BrClN4OS. The van der Waals surface area contributed by atoms with Crippen LogP contribution in [0, 0.1) is 6.92 Å². The molecule has 0 unspecified atom stereocenters. The lowest BCUT2D eigenvalue weighted by molar-refractivity contribution is 0.706. The molecule has 16 heavy (non-hydrogen) atoms. The minimum absolute atomic E-state index is 0.156. The zero-order valence-electron chi connectivity index (χ0n) is 8.15. The molecule has 0 aliphatic heterocycles. The van der Waals surface area contributed by atoms with Crippen molar-refractivity contribution in [3.8, 4) is 0 Å². The third-order valence-corrected chi connectivity index (χ3v) is 3.88. The number of hydrogen-bond acceptors (Lipinski definition) is 5. The molecule has 2 rings (SSSR count). The van der Waals surface area contributed by atoms with Crippen LogP contribution in [0.3, 0.4) is 0 Å². The summed E-state index contributed by atoms with van der Waals surface area (Å²) < 4.78 is 6.07. The summed E-state index contributed by atoms with van der Waals surface area (Å²) >= 11 is 10.1. The van der Waals surface area contributed by atoms with E-state index < -0.39 is 0 Å². The molecule has 0 aliphatic rings. The maximum atomic E-state index is 11.8. The van der Waals surface area contributed by atoms with Crippen molar-refractivity contribution >= 4 is 39.1 Å². The van der Waals surface area contributed by atoms with Crippen molar-refractivity contribution in [2.45, 2.75) is 13.5 Å². The van der Waals surface area contributed by atoms with Crippen molar-refractivity contribution in [3.05, 3.63) is 36.9 Å². The van der Waals surface area contributed by atoms with E-state index in [1.165, 1.54) is 10.9 Å². The number of hydrogen-bond donors (Lipinski definition) is 0. The Balaban J connectivity index is 2.40. The standard InChI is InChI=1S/C8H6BrClN4OS/c1-4-6(9)8(15)14(3-11-4)2-5-7(10)16-13-12-5/h3H,2H2,1H3. The lowest BCUT2D eigenvalue weighted by Crippen LogP contribution is -2.22. The van der Waals surface area contributed by atoms with E-state index in [1.807, 2.05) is 0 Å². The summed E-state index contributed by atoms with van der Waals surface area (Å²) in [5, 5.41) is 3.84. The van der Waals surface area contributed by atoms with E-state index in [0.717, 1.165) is 11.5 Å². The Morgan fingerprint density at radius 3 is 3.00 bits per heavy atom. The maximum absolute atomic E-state index is 11.8. The summed E-state index contributed by atoms with van der Waals surface area (Å²) in [7, 11) is 0. The first-order valence-corrected chi connectivity index (χ1v) is 6.22. The highest BCUT2D eigenvalue weighted by Gasteiger charge is 2.10. The molecule has 0 saturated carbocycles. The van der Waals surface area contributed by atoms with Gasteiger partial charge in [0.15, 0.2) is 0 Å². The maximum Gasteiger partial charge on any atom is 0.268 e. The van der Waals surface area contributed by atoms with Gasteiger partial charge in [-0.15, -0.1) is 5.10 Å². The lowest BCUT2D eigenvalue weighted by atomic mass is 10.4. The minimum Gasteiger partial charge on any atom is -0.292 e. The van der Waals surface area contributed by atoms with Crippen LogP contribution in [0.5, 0.6) is 0 Å². The molecule has 8 heteroatoms. The normalized spacial score (nSPS) is 10.7. The van der Waals surface area contributed by atoms with Crippen LogP contribution >= 0.6 is 39.1 Å². The van der Waals surface area contributed by atoms with Crippen LogP contribution in [-0.4, -0.2) is 19.1 Å². The van der Waals surface area contributed by atoms with Crippen molar-refractivity contribution in [1.29, 1.82) is 0 Å². The van der Waals surface area contributed by atoms with E-state index >= 15 is 0 Å². The first kappa shape index (κ1) is 11.7. The Labute approximate surface area is 108 Å². The van der Waals surface area contributed by atoms with Crippen LogP contribution in [0.25, 0.3) is 0 Å². The molecule has 2 aromatic heterocycles. The third-order valence-electron chi connectivity index (χ3n) is 1.99. The average molecular weight is 322 g/mol. The van der Waals surface area contributed by atoms with Gasteiger partial charge < -0.3 is 0 Å². The smallest absolute Gasteiger partial charge is 0.268 e. The van der Waals surface area contributed by atoms with E-state index in [1.54, 1.807) is 6.92 Å². The van der Waals surface area contributed by atoms with E-state index in [9.17, 15) is 4.79 Å². The van der Waals surface area contributed by atoms with Crippen LogP contribution in [0.1, 0.15) is 11.4 Å². The molecular weight excluding hydrogens is 316 g/mol. The van der Waals surface area contributed by atoms with Gasteiger partial charge in [0.05, 0.1) is 18.6 Å². The van der Waals surface area contributed by atoms with Gasteiger partial charge in [0.1, 0.15) is 14.5 Å². The van der Waals surface area contributed by atoms with E-state index in [4.69, 9.17) is 11.6 Å². The summed E-state index contributed by atoms with van der Waals surface area (Å²) in [6, 6.07) is 0. The van der Waals surface area contributed by atoms with Gasteiger partial charge in [-0.25, -0.2) is 4.98 Å². The fourth-order valence-corrected chi connectivity index (χ4v) is 2.05. The van der Waals surface area contributed by atoms with Crippen LogP contribution in [0.2, 0.25) is 4.34 Å². The van der Waals surface area contributed by atoms with Gasteiger partial charge in [-0.3, -0.25) is 9.36 Å². The highest BCUT2D eigenvalue weighted by molar-refractivity contribution is 9.10.